The van der Waals surface area contributed by atoms with Crippen molar-refractivity contribution >= 4 is 12.0 Å². The Labute approximate surface area is 154 Å². The van der Waals surface area contributed by atoms with Gasteiger partial charge in [0.25, 0.3) is 0 Å². The molecule has 4 nitrogen and oxygen atoms in total. The van der Waals surface area contributed by atoms with Gasteiger partial charge in [-0.25, -0.2) is 0 Å². The number of rotatable bonds is 2. The van der Waals surface area contributed by atoms with E-state index in [1.165, 1.54) is 12.5 Å². The second kappa shape index (κ2) is 5.25. The number of hydrogen-bond acceptors (Lipinski definition) is 4. The van der Waals surface area contributed by atoms with Gasteiger partial charge >= 0.3 is 5.97 Å². The Balaban J connectivity index is 1.48. The van der Waals surface area contributed by atoms with Crippen LogP contribution in [0.2, 0.25) is 0 Å². The molecule has 4 heteroatoms. The van der Waals surface area contributed by atoms with Gasteiger partial charge in [-0.15, -0.1) is 0 Å². The predicted molar refractivity (Wildman–Crippen MR) is 97.3 cm³/mol. The lowest BCUT2D eigenvalue weighted by molar-refractivity contribution is -0.151. The topological polar surface area (TPSA) is 59.7 Å². The summed E-state index contributed by atoms with van der Waals surface area (Å²) < 4.78 is 10.9. The molecule has 0 saturated heterocycles. The van der Waals surface area contributed by atoms with Crippen LogP contribution in [0.1, 0.15) is 69.6 Å². The number of ether oxygens (including phenoxy) is 1. The minimum Gasteiger partial charge on any atom is -0.465 e. The first kappa shape index (κ1) is 16.6. The second-order valence-electron chi connectivity index (χ2n) is 9.48. The smallest absolute Gasteiger partial charge is 0.302 e. The fourth-order valence-corrected chi connectivity index (χ4v) is 7.27. The molecule has 1 N–H and O–H groups in total. The maximum absolute atomic E-state index is 11.3. The third-order valence-corrected chi connectivity index (χ3v) is 8.27. The predicted octanol–water partition coefficient (Wildman–Crippen LogP) is 4.29. The van der Waals surface area contributed by atoms with Gasteiger partial charge in [0.15, 0.2) is 0 Å². The summed E-state index contributed by atoms with van der Waals surface area (Å²) in [5.41, 5.74) is 0.810. The first-order valence-electron chi connectivity index (χ1n) is 9.99. The SMILES string of the molecule is CC(=O)OC[C@@]1(O)CC23CC[C@@H]4c5ccoc5C=C[C@@]4(C)[C@@H]2CC[C@@H]1C3. The van der Waals surface area contributed by atoms with Crippen LogP contribution in [0.15, 0.2) is 22.8 Å². The highest BCUT2D eigenvalue weighted by atomic mass is 16.5. The van der Waals surface area contributed by atoms with Crippen LogP contribution < -0.4 is 0 Å². The van der Waals surface area contributed by atoms with Crippen molar-refractivity contribution in [3.8, 4) is 0 Å². The van der Waals surface area contributed by atoms with Gasteiger partial charge in [0, 0.05) is 12.5 Å². The Morgan fingerprint density at radius 2 is 2.23 bits per heavy atom. The second-order valence-corrected chi connectivity index (χ2v) is 9.48. The number of hydrogen-bond donors (Lipinski definition) is 1. The van der Waals surface area contributed by atoms with Crippen molar-refractivity contribution in [3.05, 3.63) is 29.7 Å². The molecule has 4 aliphatic rings. The maximum Gasteiger partial charge on any atom is 0.302 e. The molecule has 4 aliphatic carbocycles. The lowest BCUT2D eigenvalue weighted by Crippen LogP contribution is -2.49. The Morgan fingerprint density at radius 1 is 1.38 bits per heavy atom. The van der Waals surface area contributed by atoms with Gasteiger partial charge < -0.3 is 14.3 Å². The zero-order valence-electron chi connectivity index (χ0n) is 15.7. The van der Waals surface area contributed by atoms with Crippen LogP contribution in [0.25, 0.3) is 6.08 Å². The highest BCUT2D eigenvalue weighted by Crippen LogP contribution is 2.71. The van der Waals surface area contributed by atoms with Gasteiger partial charge in [-0.2, -0.15) is 0 Å². The monoisotopic (exact) mass is 356 g/mol. The molecule has 6 atom stereocenters. The molecular formula is C22H28O4. The van der Waals surface area contributed by atoms with Crippen molar-refractivity contribution in [2.24, 2.45) is 22.7 Å². The molecule has 0 amide bonds. The summed E-state index contributed by atoms with van der Waals surface area (Å²) in [4.78, 5) is 11.3. The molecule has 140 valence electrons. The van der Waals surface area contributed by atoms with E-state index in [2.05, 4.69) is 25.1 Å². The lowest BCUT2D eigenvalue weighted by atomic mass is 9.46. The molecule has 5 rings (SSSR count). The number of aliphatic hydroxyl groups is 1. The highest BCUT2D eigenvalue weighted by Gasteiger charge is 2.65. The minimum atomic E-state index is -0.844. The van der Waals surface area contributed by atoms with E-state index in [4.69, 9.17) is 9.15 Å². The van der Waals surface area contributed by atoms with Gasteiger partial charge in [0.1, 0.15) is 18.0 Å². The van der Waals surface area contributed by atoms with Crippen LogP contribution in [0.4, 0.5) is 0 Å². The molecule has 0 aliphatic heterocycles. The molecule has 1 heterocycles. The number of allylic oxidation sites excluding steroid dienone is 1. The summed E-state index contributed by atoms with van der Waals surface area (Å²) in [5, 5.41) is 11.3. The van der Waals surface area contributed by atoms with E-state index in [0.29, 0.717) is 11.8 Å². The van der Waals surface area contributed by atoms with Crippen LogP contribution in [0.5, 0.6) is 0 Å². The summed E-state index contributed by atoms with van der Waals surface area (Å²) in [5.74, 6) is 2.06. The molecule has 1 aromatic rings. The summed E-state index contributed by atoms with van der Waals surface area (Å²) in [6.45, 7) is 4.00. The number of fused-ring (bicyclic) bond motifs is 5. The Hall–Kier alpha value is -1.55. The normalized spacial score (nSPS) is 45.6. The van der Waals surface area contributed by atoms with Crippen molar-refractivity contribution in [1.82, 2.24) is 0 Å². The van der Waals surface area contributed by atoms with Crippen LogP contribution >= 0.6 is 0 Å². The van der Waals surface area contributed by atoms with E-state index in [1.54, 1.807) is 0 Å². The van der Waals surface area contributed by atoms with Crippen LogP contribution in [-0.4, -0.2) is 23.3 Å². The van der Waals surface area contributed by atoms with Crippen molar-refractivity contribution < 1.29 is 19.1 Å². The zero-order valence-corrected chi connectivity index (χ0v) is 15.7. The molecule has 0 radical (unpaired) electrons. The van der Waals surface area contributed by atoms with Crippen molar-refractivity contribution in [1.29, 1.82) is 0 Å². The Kier molecular flexibility index (Phi) is 3.35. The van der Waals surface area contributed by atoms with E-state index in [1.807, 2.05) is 6.26 Å². The van der Waals surface area contributed by atoms with Crippen LogP contribution in [-0.2, 0) is 9.53 Å². The fourth-order valence-electron chi connectivity index (χ4n) is 7.27. The number of furan rings is 1. The molecule has 1 aromatic heterocycles. The Morgan fingerprint density at radius 3 is 3.04 bits per heavy atom. The first-order chi connectivity index (χ1) is 12.4. The van der Waals surface area contributed by atoms with Crippen molar-refractivity contribution in [3.63, 3.8) is 0 Å². The summed E-state index contributed by atoms with van der Waals surface area (Å²) >= 11 is 0. The summed E-state index contributed by atoms with van der Waals surface area (Å²) in [7, 11) is 0. The molecule has 3 fully saturated rings. The van der Waals surface area contributed by atoms with E-state index >= 15 is 0 Å². The van der Waals surface area contributed by atoms with Gasteiger partial charge in [-0.3, -0.25) is 4.79 Å². The third kappa shape index (κ3) is 2.08. The van der Waals surface area contributed by atoms with Crippen molar-refractivity contribution in [2.45, 2.75) is 63.9 Å². The average molecular weight is 356 g/mol. The van der Waals surface area contributed by atoms with E-state index in [-0.39, 0.29) is 29.3 Å². The van der Waals surface area contributed by atoms with Gasteiger partial charge in [-0.1, -0.05) is 13.0 Å². The fraction of sp³-hybridized carbons (Fsp3) is 0.682. The number of carbonyl (C=O) groups excluding carboxylic acids is 1. The van der Waals surface area contributed by atoms with Crippen LogP contribution in [0, 0.1) is 22.7 Å². The zero-order chi connectivity index (χ0) is 18.2. The first-order valence-corrected chi connectivity index (χ1v) is 9.99. The van der Waals surface area contributed by atoms with Crippen molar-refractivity contribution in [2.75, 3.05) is 6.61 Å². The summed E-state index contributed by atoms with van der Waals surface area (Å²) in [6.07, 6.45) is 12.7. The number of esters is 1. The minimum absolute atomic E-state index is 0.118. The van der Waals surface area contributed by atoms with E-state index in [9.17, 15) is 9.90 Å². The lowest BCUT2D eigenvalue weighted by Gasteiger charge is -2.58. The van der Waals surface area contributed by atoms with E-state index in [0.717, 1.165) is 44.3 Å². The maximum atomic E-state index is 11.3. The molecule has 2 bridgehead atoms. The largest absolute Gasteiger partial charge is 0.465 e. The standard InChI is InChI=1S/C22H28O4/c1-14(23)26-13-22(24)12-21-9-5-17-16-7-10-25-18(16)6-8-20(17,2)19(21)4-3-15(22)11-21/h6-8,10,15,17,19,24H,3-5,9,11-13H2,1-2H3/t15-,17-,19+,20-,21?,22+/m1/s1. The molecule has 1 spiro atoms. The van der Waals surface area contributed by atoms with Crippen LogP contribution in [0.3, 0.4) is 0 Å². The van der Waals surface area contributed by atoms with E-state index < -0.39 is 5.60 Å². The quantitative estimate of drug-likeness (QED) is 0.803. The third-order valence-electron chi connectivity index (χ3n) is 8.27. The highest BCUT2D eigenvalue weighted by molar-refractivity contribution is 5.66. The average Bonchev–Trinajstić information content (AvgIpc) is 3.14. The molecule has 26 heavy (non-hydrogen) atoms. The number of carbonyl (C=O) groups is 1. The van der Waals surface area contributed by atoms with Gasteiger partial charge in [-0.05, 0) is 79.3 Å². The molecular weight excluding hydrogens is 328 g/mol. The molecule has 3 saturated carbocycles. The van der Waals surface area contributed by atoms with Gasteiger partial charge in [0.2, 0.25) is 0 Å². The molecule has 0 aromatic carbocycles. The van der Waals surface area contributed by atoms with Gasteiger partial charge in [0.05, 0.1) is 6.26 Å². The molecule has 1 unspecified atom stereocenters. The summed E-state index contributed by atoms with van der Waals surface area (Å²) in [6, 6.07) is 2.15. The Bertz CT molecular complexity index is 779.